The molecule has 1 fully saturated rings. The van der Waals surface area contributed by atoms with E-state index in [1.54, 1.807) is 6.07 Å². The van der Waals surface area contributed by atoms with E-state index in [1.807, 2.05) is 12.1 Å². The lowest BCUT2D eigenvalue weighted by molar-refractivity contribution is 0.108. The van der Waals surface area contributed by atoms with Gasteiger partial charge in [0.25, 0.3) is 0 Å². The third-order valence-electron chi connectivity index (χ3n) is 5.97. The molecule has 0 amide bonds. The number of benzene rings is 2. The van der Waals surface area contributed by atoms with E-state index in [4.69, 9.17) is 0 Å². The molecule has 0 radical (unpaired) electrons. The Morgan fingerprint density at radius 3 is 2.71 bits per heavy atom. The monoisotopic (exact) mass is 319 g/mol. The van der Waals surface area contributed by atoms with Crippen LogP contribution in [0, 0.1) is 5.92 Å². The predicted octanol–water partition coefficient (Wildman–Crippen LogP) is 4.46. The molecule has 0 unspecified atom stereocenters. The van der Waals surface area contributed by atoms with Gasteiger partial charge in [0, 0.05) is 12.0 Å². The van der Waals surface area contributed by atoms with Crippen molar-refractivity contribution in [3.05, 3.63) is 71.8 Å². The summed E-state index contributed by atoms with van der Waals surface area (Å²) in [5.41, 5.74) is 4.25. The molecule has 2 aromatic carbocycles. The molecule has 1 aliphatic carbocycles. The molecule has 1 saturated heterocycles. The number of fused-ring (bicyclic) bond motifs is 1. The smallest absolute Gasteiger partial charge is 0.115 e. The Labute approximate surface area is 144 Å². The number of phenolic OH excluding ortho intramolecular Hbond substituents is 1. The first-order chi connectivity index (χ1) is 11.7. The van der Waals surface area contributed by atoms with Gasteiger partial charge in [-0.15, -0.1) is 0 Å². The highest BCUT2D eigenvalue weighted by atomic mass is 16.3. The highest BCUT2D eigenvalue weighted by Gasteiger charge is 2.45. The molecule has 2 heteroatoms. The Morgan fingerprint density at radius 2 is 1.92 bits per heavy atom. The number of rotatable bonds is 2. The normalized spacial score (nSPS) is 27.4. The summed E-state index contributed by atoms with van der Waals surface area (Å²) in [7, 11) is 2.23. The van der Waals surface area contributed by atoms with Crippen molar-refractivity contribution in [3.63, 3.8) is 0 Å². The number of likely N-dealkylation sites (tertiary alicyclic amines) is 1. The van der Waals surface area contributed by atoms with Gasteiger partial charge in [0.2, 0.25) is 0 Å². The lowest BCUT2D eigenvalue weighted by Crippen LogP contribution is -2.49. The van der Waals surface area contributed by atoms with Crippen LogP contribution in [0.25, 0.3) is 5.57 Å². The second-order valence-electron chi connectivity index (χ2n) is 7.42. The van der Waals surface area contributed by atoms with Crippen molar-refractivity contribution in [2.24, 2.45) is 5.92 Å². The molecule has 2 aromatic rings. The lowest BCUT2D eigenvalue weighted by Gasteiger charge is -2.50. The van der Waals surface area contributed by atoms with Crippen LogP contribution in [-0.2, 0) is 5.41 Å². The fraction of sp³-hybridized carbons (Fsp3) is 0.364. The van der Waals surface area contributed by atoms with E-state index in [-0.39, 0.29) is 5.41 Å². The minimum atomic E-state index is 0.144. The van der Waals surface area contributed by atoms with Crippen LogP contribution in [0.15, 0.2) is 60.7 Å². The van der Waals surface area contributed by atoms with Crippen molar-refractivity contribution in [1.29, 1.82) is 0 Å². The number of hydrogen-bond donors (Lipinski definition) is 1. The highest BCUT2D eigenvalue weighted by Crippen LogP contribution is 2.51. The van der Waals surface area contributed by atoms with Crippen LogP contribution in [-0.4, -0.2) is 30.1 Å². The number of allylic oxidation sites excluding steroid dienone is 2. The molecule has 124 valence electrons. The highest BCUT2D eigenvalue weighted by molar-refractivity contribution is 5.68. The molecular weight excluding hydrogens is 294 g/mol. The van der Waals surface area contributed by atoms with Crippen LogP contribution in [0.4, 0.5) is 0 Å². The van der Waals surface area contributed by atoms with Gasteiger partial charge in [-0.2, -0.15) is 0 Å². The molecule has 0 bridgehead atoms. The van der Waals surface area contributed by atoms with Gasteiger partial charge < -0.3 is 10.0 Å². The SMILES string of the molecule is CN1CC[C@]2(c3cccc(O)c3)CC(c3ccccc3)=CC[C@H]2C1. The maximum absolute atomic E-state index is 10.0. The minimum Gasteiger partial charge on any atom is -0.508 e. The Balaban J connectivity index is 1.77. The molecule has 1 N–H and O–H groups in total. The molecule has 2 aliphatic rings. The molecule has 0 saturated carbocycles. The van der Waals surface area contributed by atoms with E-state index >= 15 is 0 Å². The van der Waals surface area contributed by atoms with Crippen LogP contribution in [0.3, 0.4) is 0 Å². The first-order valence-corrected chi connectivity index (χ1v) is 8.90. The zero-order chi connectivity index (χ0) is 16.6. The second-order valence-corrected chi connectivity index (χ2v) is 7.42. The summed E-state index contributed by atoms with van der Waals surface area (Å²) in [6.45, 7) is 2.25. The van der Waals surface area contributed by atoms with E-state index in [0.29, 0.717) is 11.7 Å². The predicted molar refractivity (Wildman–Crippen MR) is 99.0 cm³/mol. The number of phenols is 1. The van der Waals surface area contributed by atoms with E-state index in [2.05, 4.69) is 54.4 Å². The van der Waals surface area contributed by atoms with Gasteiger partial charge in [0.1, 0.15) is 5.75 Å². The van der Waals surface area contributed by atoms with Gasteiger partial charge in [-0.25, -0.2) is 0 Å². The molecule has 1 aliphatic heterocycles. The summed E-state index contributed by atoms with van der Waals surface area (Å²) >= 11 is 0. The fourth-order valence-corrected chi connectivity index (χ4v) is 4.64. The second kappa shape index (κ2) is 6.10. The van der Waals surface area contributed by atoms with Gasteiger partial charge in [-0.1, -0.05) is 48.5 Å². The zero-order valence-corrected chi connectivity index (χ0v) is 14.3. The Morgan fingerprint density at radius 1 is 1.08 bits per heavy atom. The summed E-state index contributed by atoms with van der Waals surface area (Å²) in [6.07, 6.45) is 5.78. The first kappa shape index (κ1) is 15.5. The number of nitrogens with zero attached hydrogens (tertiary/aromatic N) is 1. The first-order valence-electron chi connectivity index (χ1n) is 8.90. The van der Waals surface area contributed by atoms with Gasteiger partial charge >= 0.3 is 0 Å². The van der Waals surface area contributed by atoms with Crippen LogP contribution in [0.2, 0.25) is 0 Å². The molecule has 1 heterocycles. The maximum Gasteiger partial charge on any atom is 0.115 e. The van der Waals surface area contributed by atoms with Crippen LogP contribution in [0.5, 0.6) is 5.75 Å². The van der Waals surface area contributed by atoms with Crippen molar-refractivity contribution >= 4 is 5.57 Å². The maximum atomic E-state index is 10.0. The van der Waals surface area contributed by atoms with Crippen molar-refractivity contribution in [2.45, 2.75) is 24.7 Å². The molecule has 2 atom stereocenters. The third kappa shape index (κ3) is 2.65. The van der Waals surface area contributed by atoms with Gasteiger partial charge in [0.05, 0.1) is 0 Å². The van der Waals surface area contributed by atoms with E-state index < -0.39 is 0 Å². The largest absolute Gasteiger partial charge is 0.508 e. The van der Waals surface area contributed by atoms with Crippen molar-refractivity contribution in [1.82, 2.24) is 4.90 Å². The zero-order valence-electron chi connectivity index (χ0n) is 14.3. The molecule has 0 aromatic heterocycles. The Bertz CT molecular complexity index is 752. The van der Waals surface area contributed by atoms with Crippen LogP contribution in [0.1, 0.15) is 30.4 Å². The molecule has 24 heavy (non-hydrogen) atoms. The standard InChI is InChI=1S/C22H25NO/c1-23-13-12-22(19-8-5-9-21(24)14-19)15-18(10-11-20(22)16-23)17-6-3-2-4-7-17/h2-10,14,20,24H,11-13,15-16H2,1H3/t20-,22+/m0/s1. The summed E-state index contributed by atoms with van der Waals surface area (Å²) < 4.78 is 0. The van der Waals surface area contributed by atoms with Crippen LogP contribution < -0.4 is 0 Å². The fourth-order valence-electron chi connectivity index (χ4n) is 4.64. The number of aromatic hydroxyl groups is 1. The number of piperidine rings is 1. The van der Waals surface area contributed by atoms with E-state index in [1.165, 1.54) is 16.7 Å². The Kier molecular flexibility index (Phi) is 3.93. The average Bonchev–Trinajstić information content (AvgIpc) is 2.62. The van der Waals surface area contributed by atoms with Crippen molar-refractivity contribution in [3.8, 4) is 5.75 Å². The lowest BCUT2D eigenvalue weighted by atomic mass is 9.59. The van der Waals surface area contributed by atoms with Gasteiger partial charge in [-0.3, -0.25) is 0 Å². The van der Waals surface area contributed by atoms with Crippen molar-refractivity contribution < 1.29 is 5.11 Å². The summed E-state index contributed by atoms with van der Waals surface area (Å²) in [4.78, 5) is 2.45. The molecule has 2 nitrogen and oxygen atoms in total. The summed E-state index contributed by atoms with van der Waals surface area (Å²) in [5, 5.41) is 10.0. The van der Waals surface area contributed by atoms with Crippen molar-refractivity contribution in [2.75, 3.05) is 20.1 Å². The van der Waals surface area contributed by atoms with Crippen LogP contribution >= 0.6 is 0 Å². The molecular formula is C22H25NO. The van der Waals surface area contributed by atoms with Gasteiger partial charge in [0.15, 0.2) is 0 Å². The third-order valence-corrected chi connectivity index (χ3v) is 5.97. The van der Waals surface area contributed by atoms with E-state index in [0.717, 1.165) is 32.4 Å². The molecule has 0 spiro atoms. The van der Waals surface area contributed by atoms with Gasteiger partial charge in [-0.05, 0) is 67.6 Å². The quantitative estimate of drug-likeness (QED) is 0.883. The van der Waals surface area contributed by atoms with E-state index in [9.17, 15) is 5.11 Å². The minimum absolute atomic E-state index is 0.144. The summed E-state index contributed by atoms with van der Waals surface area (Å²) in [5.74, 6) is 1.00. The Hall–Kier alpha value is -2.06. The average molecular weight is 319 g/mol. The molecule has 4 rings (SSSR count). The summed E-state index contributed by atoms with van der Waals surface area (Å²) in [6, 6.07) is 18.7. The topological polar surface area (TPSA) is 23.5 Å². The number of hydrogen-bond acceptors (Lipinski definition) is 2.